The first-order chi connectivity index (χ1) is 8.44. The third kappa shape index (κ3) is 3.74. The molecule has 7 heteroatoms. The largest absolute Gasteiger partial charge is 0.352 e. The summed E-state index contributed by atoms with van der Waals surface area (Å²) in [6, 6.07) is 3.85. The number of carbonyl (C=O) groups is 1. The molecule has 100 valence electrons. The molecular weight excluding hydrogens is 276 g/mol. The van der Waals surface area contributed by atoms with Crippen LogP contribution in [0.5, 0.6) is 0 Å². The van der Waals surface area contributed by atoms with Gasteiger partial charge in [0.05, 0.1) is 5.75 Å². The number of amides is 1. The molecule has 1 aromatic heterocycles. The minimum absolute atomic E-state index is 0.00692. The zero-order valence-corrected chi connectivity index (χ0v) is 11.4. The number of likely N-dealkylation sites (tertiary alicyclic amines) is 1. The quantitative estimate of drug-likeness (QED) is 0.757. The summed E-state index contributed by atoms with van der Waals surface area (Å²) in [6.07, 6.45) is 4.14. The Labute approximate surface area is 111 Å². The van der Waals surface area contributed by atoms with E-state index < -0.39 is 9.05 Å². The molecule has 1 aromatic rings. The van der Waals surface area contributed by atoms with E-state index in [9.17, 15) is 13.2 Å². The van der Waals surface area contributed by atoms with Crippen LogP contribution in [-0.2, 0) is 20.4 Å². The highest BCUT2D eigenvalue weighted by atomic mass is 35.7. The lowest BCUT2D eigenvalue weighted by atomic mass is 10.1. The first-order valence-electron chi connectivity index (χ1n) is 5.75. The van der Waals surface area contributed by atoms with Gasteiger partial charge in [-0.3, -0.25) is 4.79 Å². The Bertz CT molecular complexity index is 512. The van der Waals surface area contributed by atoms with Crippen molar-refractivity contribution in [3.63, 3.8) is 0 Å². The average molecular weight is 291 g/mol. The van der Waals surface area contributed by atoms with E-state index in [1.165, 1.54) is 0 Å². The Morgan fingerprint density at radius 1 is 1.28 bits per heavy atom. The Balaban J connectivity index is 1.86. The third-order valence-corrected chi connectivity index (χ3v) is 4.27. The molecule has 1 fully saturated rings. The van der Waals surface area contributed by atoms with Gasteiger partial charge >= 0.3 is 0 Å². The van der Waals surface area contributed by atoms with Crippen LogP contribution in [0, 0.1) is 5.92 Å². The summed E-state index contributed by atoms with van der Waals surface area (Å²) < 4.78 is 23.9. The van der Waals surface area contributed by atoms with Crippen LogP contribution in [0.4, 0.5) is 0 Å². The minimum Gasteiger partial charge on any atom is -0.352 e. The zero-order valence-electron chi connectivity index (χ0n) is 9.83. The predicted octanol–water partition coefficient (Wildman–Crippen LogP) is 0.905. The van der Waals surface area contributed by atoms with Crippen molar-refractivity contribution in [2.75, 3.05) is 18.8 Å². The summed E-state index contributed by atoms with van der Waals surface area (Å²) in [5.74, 6) is -0.294. The molecule has 0 N–H and O–H groups in total. The molecule has 18 heavy (non-hydrogen) atoms. The highest BCUT2D eigenvalue weighted by Gasteiger charge is 2.31. The van der Waals surface area contributed by atoms with E-state index in [1.807, 2.05) is 29.1 Å². The monoisotopic (exact) mass is 290 g/mol. The normalized spacial score (nSPS) is 20.6. The molecule has 0 bridgehead atoms. The van der Waals surface area contributed by atoms with Crippen LogP contribution in [-0.4, -0.2) is 42.6 Å². The fraction of sp³-hybridized carbons (Fsp3) is 0.545. The number of hydrogen-bond acceptors (Lipinski definition) is 3. The number of rotatable bonds is 5. The van der Waals surface area contributed by atoms with Crippen LogP contribution in [0.3, 0.4) is 0 Å². The Morgan fingerprint density at radius 2 is 1.94 bits per heavy atom. The molecule has 0 aromatic carbocycles. The molecule has 1 unspecified atom stereocenters. The Kier molecular flexibility index (Phi) is 3.97. The Morgan fingerprint density at radius 3 is 2.56 bits per heavy atom. The minimum atomic E-state index is -3.52. The van der Waals surface area contributed by atoms with Gasteiger partial charge in [-0.05, 0) is 12.1 Å². The van der Waals surface area contributed by atoms with E-state index in [2.05, 4.69) is 0 Å². The molecule has 0 spiro atoms. The van der Waals surface area contributed by atoms with Gasteiger partial charge in [-0.2, -0.15) is 0 Å². The highest BCUT2D eigenvalue weighted by Crippen LogP contribution is 2.20. The van der Waals surface area contributed by atoms with Gasteiger partial charge in [0.2, 0.25) is 15.0 Å². The molecule has 2 heterocycles. The van der Waals surface area contributed by atoms with E-state index in [0.29, 0.717) is 13.1 Å². The molecule has 1 aliphatic heterocycles. The molecule has 2 rings (SSSR count). The van der Waals surface area contributed by atoms with Crippen molar-refractivity contribution in [2.45, 2.75) is 13.0 Å². The number of hydrogen-bond donors (Lipinski definition) is 0. The van der Waals surface area contributed by atoms with E-state index in [0.717, 1.165) is 6.54 Å². The van der Waals surface area contributed by atoms with E-state index >= 15 is 0 Å². The van der Waals surface area contributed by atoms with Crippen LogP contribution >= 0.6 is 10.7 Å². The second kappa shape index (κ2) is 5.32. The van der Waals surface area contributed by atoms with Crippen molar-refractivity contribution in [3.8, 4) is 0 Å². The maximum atomic E-state index is 11.7. The van der Waals surface area contributed by atoms with Crippen molar-refractivity contribution in [1.29, 1.82) is 0 Å². The fourth-order valence-electron chi connectivity index (χ4n) is 2.22. The smallest absolute Gasteiger partial charge is 0.232 e. The molecule has 0 saturated carbocycles. The lowest BCUT2D eigenvalue weighted by Crippen LogP contribution is -2.29. The predicted molar refractivity (Wildman–Crippen MR) is 68.8 cm³/mol. The summed E-state index contributed by atoms with van der Waals surface area (Å²) in [7, 11) is 1.68. The molecule has 1 amide bonds. The summed E-state index contributed by atoms with van der Waals surface area (Å²) in [6.45, 7) is 1.80. The SMILES string of the molecule is O=C1CC(CS(=O)(=O)Cl)CN1CCn1cccc1. The van der Waals surface area contributed by atoms with Gasteiger partial charge in [0.25, 0.3) is 0 Å². The van der Waals surface area contributed by atoms with Crippen molar-refractivity contribution >= 4 is 25.6 Å². The van der Waals surface area contributed by atoms with Crippen molar-refractivity contribution in [3.05, 3.63) is 24.5 Å². The first-order valence-corrected chi connectivity index (χ1v) is 8.23. The maximum Gasteiger partial charge on any atom is 0.232 e. The van der Waals surface area contributed by atoms with Crippen LogP contribution in [0.1, 0.15) is 6.42 Å². The number of halogens is 1. The average Bonchev–Trinajstić information content (AvgIpc) is 2.83. The van der Waals surface area contributed by atoms with Gasteiger partial charge in [0.1, 0.15) is 0 Å². The molecule has 5 nitrogen and oxygen atoms in total. The van der Waals surface area contributed by atoms with Gasteiger partial charge in [-0.15, -0.1) is 0 Å². The van der Waals surface area contributed by atoms with Crippen LogP contribution in [0.15, 0.2) is 24.5 Å². The van der Waals surface area contributed by atoms with E-state index in [-0.39, 0.29) is 24.0 Å². The topological polar surface area (TPSA) is 59.4 Å². The second-order valence-electron chi connectivity index (χ2n) is 4.54. The summed E-state index contributed by atoms with van der Waals surface area (Å²) in [5, 5.41) is 0. The molecule has 1 aliphatic rings. The van der Waals surface area contributed by atoms with Crippen LogP contribution in [0.2, 0.25) is 0 Å². The first kappa shape index (κ1) is 13.4. The Hall–Kier alpha value is -1.01. The van der Waals surface area contributed by atoms with Gasteiger partial charge < -0.3 is 9.47 Å². The summed E-state index contributed by atoms with van der Waals surface area (Å²) >= 11 is 0. The zero-order chi connectivity index (χ0) is 13.2. The second-order valence-corrected chi connectivity index (χ2v) is 7.36. The van der Waals surface area contributed by atoms with Gasteiger partial charge in [0, 0.05) is 55.0 Å². The number of carbonyl (C=O) groups excluding carboxylic acids is 1. The summed E-state index contributed by atoms with van der Waals surface area (Å²) in [5.41, 5.74) is 0. The number of nitrogens with zero attached hydrogens (tertiary/aromatic N) is 2. The molecular formula is C11H15ClN2O3S. The van der Waals surface area contributed by atoms with Crippen molar-refractivity contribution < 1.29 is 13.2 Å². The third-order valence-electron chi connectivity index (χ3n) is 3.02. The van der Waals surface area contributed by atoms with Gasteiger partial charge in [-0.25, -0.2) is 8.42 Å². The summed E-state index contributed by atoms with van der Waals surface area (Å²) in [4.78, 5) is 13.4. The molecule has 1 saturated heterocycles. The maximum absolute atomic E-state index is 11.7. The van der Waals surface area contributed by atoms with Gasteiger partial charge in [-0.1, -0.05) is 0 Å². The fourth-order valence-corrected chi connectivity index (χ4v) is 3.54. The molecule has 0 aliphatic carbocycles. The standard InChI is InChI=1S/C11H15ClN2O3S/c12-18(16,17)9-10-7-11(15)14(8-10)6-5-13-3-1-2-4-13/h1-4,10H,5-9H2. The lowest BCUT2D eigenvalue weighted by Gasteiger charge is -2.16. The molecule has 1 atom stereocenters. The van der Waals surface area contributed by atoms with Gasteiger partial charge in [0.15, 0.2) is 0 Å². The lowest BCUT2D eigenvalue weighted by molar-refractivity contribution is -0.127. The van der Waals surface area contributed by atoms with Crippen LogP contribution in [0.25, 0.3) is 0 Å². The van der Waals surface area contributed by atoms with Crippen molar-refractivity contribution in [2.24, 2.45) is 5.92 Å². The molecule has 0 radical (unpaired) electrons. The van der Waals surface area contributed by atoms with Crippen molar-refractivity contribution in [1.82, 2.24) is 9.47 Å². The highest BCUT2D eigenvalue weighted by molar-refractivity contribution is 8.13. The van der Waals surface area contributed by atoms with E-state index in [1.54, 1.807) is 4.90 Å². The van der Waals surface area contributed by atoms with Crippen LogP contribution < -0.4 is 0 Å². The van der Waals surface area contributed by atoms with E-state index in [4.69, 9.17) is 10.7 Å². The number of aromatic nitrogens is 1.